The fraction of sp³-hybridized carbons (Fsp3) is 0.923. The Morgan fingerprint density at radius 3 is 2.76 bits per heavy atom. The van der Waals surface area contributed by atoms with Crippen molar-refractivity contribution in [3.63, 3.8) is 0 Å². The van der Waals surface area contributed by atoms with Crippen molar-refractivity contribution in [2.45, 2.75) is 50.6 Å². The molecule has 0 aromatic carbocycles. The van der Waals surface area contributed by atoms with Crippen LogP contribution >= 0.6 is 0 Å². The van der Waals surface area contributed by atoms with Gasteiger partial charge in [0.05, 0.1) is 5.41 Å². The van der Waals surface area contributed by atoms with E-state index in [-0.39, 0.29) is 11.3 Å². The second-order valence-electron chi connectivity index (χ2n) is 5.95. The molecule has 4 nitrogen and oxygen atoms in total. The largest absolute Gasteiger partial charge is 0.351 e. The zero-order valence-corrected chi connectivity index (χ0v) is 10.5. The van der Waals surface area contributed by atoms with Crippen LogP contribution in [0.25, 0.3) is 0 Å². The maximum Gasteiger partial charge on any atom is 0.227 e. The third-order valence-electron chi connectivity index (χ3n) is 5.11. The van der Waals surface area contributed by atoms with Crippen LogP contribution in [0, 0.1) is 5.41 Å². The number of fused-ring (bicyclic) bond motifs is 1. The number of amides is 1. The van der Waals surface area contributed by atoms with Gasteiger partial charge >= 0.3 is 0 Å². The topological polar surface area (TPSA) is 58.4 Å². The molecular weight excluding hydrogens is 214 g/mol. The quantitative estimate of drug-likeness (QED) is 0.750. The Balaban J connectivity index is 1.61. The fourth-order valence-electron chi connectivity index (χ4n) is 3.70. The van der Waals surface area contributed by atoms with Crippen LogP contribution in [0.3, 0.4) is 0 Å². The Bertz CT molecular complexity index is 308. The molecule has 17 heavy (non-hydrogen) atoms. The monoisotopic (exact) mass is 237 g/mol. The van der Waals surface area contributed by atoms with Gasteiger partial charge in [-0.25, -0.2) is 0 Å². The Kier molecular flexibility index (Phi) is 2.87. The molecule has 0 bridgehead atoms. The highest BCUT2D eigenvalue weighted by Crippen LogP contribution is 2.40. The predicted octanol–water partition coefficient (Wildman–Crippen LogP) is 0.468. The zero-order valence-electron chi connectivity index (χ0n) is 10.5. The minimum atomic E-state index is -0.216. The van der Waals surface area contributed by atoms with E-state index in [0.717, 1.165) is 32.2 Å². The van der Waals surface area contributed by atoms with E-state index in [1.54, 1.807) is 0 Å². The molecule has 1 amide bonds. The van der Waals surface area contributed by atoms with Crippen LogP contribution in [0.1, 0.15) is 38.5 Å². The molecule has 2 atom stereocenters. The van der Waals surface area contributed by atoms with E-state index in [2.05, 4.69) is 10.2 Å². The van der Waals surface area contributed by atoms with E-state index in [0.29, 0.717) is 18.6 Å². The summed E-state index contributed by atoms with van der Waals surface area (Å²) in [6.07, 6.45) is 6.79. The van der Waals surface area contributed by atoms with Gasteiger partial charge in [-0.1, -0.05) is 6.42 Å². The van der Waals surface area contributed by atoms with E-state index in [1.807, 2.05) is 0 Å². The van der Waals surface area contributed by atoms with Gasteiger partial charge in [0, 0.05) is 25.2 Å². The molecular formula is C13H23N3O. The number of nitrogens with one attached hydrogen (secondary N) is 1. The second kappa shape index (κ2) is 4.25. The molecule has 3 N–H and O–H groups in total. The second-order valence-corrected chi connectivity index (χ2v) is 5.95. The number of rotatable bonds is 3. The summed E-state index contributed by atoms with van der Waals surface area (Å²) < 4.78 is 0. The van der Waals surface area contributed by atoms with E-state index in [1.165, 1.54) is 19.4 Å². The number of nitrogens with zero attached hydrogens (tertiary/aromatic N) is 1. The molecule has 0 aromatic heterocycles. The normalized spacial score (nSPS) is 35.4. The Labute approximate surface area is 103 Å². The van der Waals surface area contributed by atoms with Gasteiger partial charge in [0.15, 0.2) is 0 Å². The molecule has 3 rings (SSSR count). The van der Waals surface area contributed by atoms with Gasteiger partial charge in [0.1, 0.15) is 0 Å². The molecule has 3 aliphatic rings. The summed E-state index contributed by atoms with van der Waals surface area (Å²) in [4.78, 5) is 14.8. The number of hydrogen-bond donors (Lipinski definition) is 2. The first kappa shape index (κ1) is 11.5. The first-order valence-electron chi connectivity index (χ1n) is 7.00. The van der Waals surface area contributed by atoms with E-state index in [4.69, 9.17) is 5.73 Å². The molecule has 0 aromatic rings. The van der Waals surface area contributed by atoms with Crippen LogP contribution < -0.4 is 11.1 Å². The molecule has 2 heterocycles. The molecule has 0 spiro atoms. The predicted molar refractivity (Wildman–Crippen MR) is 66.5 cm³/mol. The highest BCUT2D eigenvalue weighted by atomic mass is 16.2. The van der Waals surface area contributed by atoms with Crippen molar-refractivity contribution in [2.24, 2.45) is 11.1 Å². The van der Waals surface area contributed by atoms with Crippen molar-refractivity contribution in [3.05, 3.63) is 0 Å². The molecule has 0 radical (unpaired) electrons. The van der Waals surface area contributed by atoms with Crippen molar-refractivity contribution >= 4 is 5.91 Å². The van der Waals surface area contributed by atoms with E-state index in [9.17, 15) is 4.79 Å². The maximum atomic E-state index is 12.3. The highest BCUT2D eigenvalue weighted by molar-refractivity contribution is 5.84. The lowest BCUT2D eigenvalue weighted by molar-refractivity contribution is -0.136. The minimum Gasteiger partial charge on any atom is -0.351 e. The Morgan fingerprint density at radius 1 is 1.29 bits per heavy atom. The summed E-state index contributed by atoms with van der Waals surface area (Å²) in [5, 5.41) is 3.28. The van der Waals surface area contributed by atoms with Crippen LogP contribution in [0.4, 0.5) is 0 Å². The van der Waals surface area contributed by atoms with Gasteiger partial charge in [0.25, 0.3) is 0 Å². The van der Waals surface area contributed by atoms with Crippen LogP contribution in [0.15, 0.2) is 0 Å². The molecule has 96 valence electrons. The summed E-state index contributed by atoms with van der Waals surface area (Å²) in [6, 6.07) is 0.989. The number of nitrogens with two attached hydrogens (primary N) is 1. The van der Waals surface area contributed by atoms with E-state index < -0.39 is 0 Å². The summed E-state index contributed by atoms with van der Waals surface area (Å²) in [7, 11) is 0. The van der Waals surface area contributed by atoms with Gasteiger partial charge in [-0.05, 0) is 38.6 Å². The van der Waals surface area contributed by atoms with Gasteiger partial charge < -0.3 is 11.1 Å². The van der Waals surface area contributed by atoms with Crippen molar-refractivity contribution in [1.82, 2.24) is 10.2 Å². The Morgan fingerprint density at radius 2 is 2.12 bits per heavy atom. The third kappa shape index (κ3) is 1.78. The van der Waals surface area contributed by atoms with Gasteiger partial charge in [-0.15, -0.1) is 0 Å². The molecule has 2 aliphatic heterocycles. The SMILES string of the molecule is NCC1(C(=O)NC2CCN3CCCC23)CCC1. The summed E-state index contributed by atoms with van der Waals surface area (Å²) >= 11 is 0. The van der Waals surface area contributed by atoms with E-state index >= 15 is 0 Å². The van der Waals surface area contributed by atoms with Crippen molar-refractivity contribution in [1.29, 1.82) is 0 Å². The minimum absolute atomic E-state index is 0.216. The summed E-state index contributed by atoms with van der Waals surface area (Å²) in [5.74, 6) is 0.227. The van der Waals surface area contributed by atoms with Crippen LogP contribution in [0.2, 0.25) is 0 Å². The van der Waals surface area contributed by atoms with Gasteiger partial charge in [-0.2, -0.15) is 0 Å². The fourth-order valence-corrected chi connectivity index (χ4v) is 3.70. The van der Waals surface area contributed by atoms with Crippen molar-refractivity contribution < 1.29 is 4.79 Å². The number of carbonyl (C=O) groups excluding carboxylic acids is 1. The smallest absolute Gasteiger partial charge is 0.227 e. The zero-order chi connectivity index (χ0) is 11.9. The van der Waals surface area contributed by atoms with Crippen molar-refractivity contribution in [3.8, 4) is 0 Å². The first-order chi connectivity index (χ1) is 8.25. The Hall–Kier alpha value is -0.610. The first-order valence-corrected chi connectivity index (χ1v) is 7.00. The lowest BCUT2D eigenvalue weighted by Gasteiger charge is -2.40. The van der Waals surface area contributed by atoms with Gasteiger partial charge in [0.2, 0.25) is 5.91 Å². The summed E-state index contributed by atoms with van der Waals surface area (Å²) in [5.41, 5.74) is 5.56. The maximum absolute atomic E-state index is 12.3. The molecule has 2 saturated heterocycles. The highest BCUT2D eigenvalue weighted by Gasteiger charge is 2.45. The molecule has 1 saturated carbocycles. The molecule has 2 unspecified atom stereocenters. The van der Waals surface area contributed by atoms with Crippen LogP contribution in [-0.4, -0.2) is 42.5 Å². The number of hydrogen-bond acceptors (Lipinski definition) is 3. The lowest BCUT2D eigenvalue weighted by Crippen LogP contribution is -2.54. The number of carbonyl (C=O) groups is 1. The molecule has 4 heteroatoms. The molecule has 3 fully saturated rings. The average Bonchev–Trinajstić information content (AvgIpc) is 2.82. The lowest BCUT2D eigenvalue weighted by atomic mass is 9.68. The third-order valence-corrected chi connectivity index (χ3v) is 5.11. The van der Waals surface area contributed by atoms with Crippen LogP contribution in [0.5, 0.6) is 0 Å². The summed E-state index contributed by atoms with van der Waals surface area (Å²) in [6.45, 7) is 2.89. The average molecular weight is 237 g/mol. The standard InChI is InChI=1S/C13H23N3O/c14-9-13(5-2-6-13)12(17)15-10-4-8-16-7-1-3-11(10)16/h10-11H,1-9,14H2,(H,15,17). The van der Waals surface area contributed by atoms with Crippen LogP contribution in [-0.2, 0) is 4.79 Å². The van der Waals surface area contributed by atoms with Crippen molar-refractivity contribution in [2.75, 3.05) is 19.6 Å². The van der Waals surface area contributed by atoms with Gasteiger partial charge in [-0.3, -0.25) is 9.69 Å². The molecule has 1 aliphatic carbocycles.